The van der Waals surface area contributed by atoms with Crippen LogP contribution < -0.4 is 10.9 Å². The van der Waals surface area contributed by atoms with Crippen molar-refractivity contribution in [3.63, 3.8) is 0 Å². The van der Waals surface area contributed by atoms with E-state index >= 15 is 0 Å². The molecule has 1 atom stereocenters. The van der Waals surface area contributed by atoms with E-state index in [1.165, 1.54) is 4.68 Å². The molecule has 2 aromatic carbocycles. The minimum absolute atomic E-state index is 0.0376. The van der Waals surface area contributed by atoms with Gasteiger partial charge < -0.3 is 10.1 Å². The van der Waals surface area contributed by atoms with Crippen LogP contribution in [0.1, 0.15) is 55.2 Å². The molecule has 162 valence electrons. The third-order valence-electron chi connectivity index (χ3n) is 5.05. The minimum atomic E-state index is -0.733. The zero-order chi connectivity index (χ0) is 22.2. The van der Waals surface area contributed by atoms with Gasteiger partial charge in [-0.05, 0) is 25.0 Å². The van der Waals surface area contributed by atoms with Gasteiger partial charge in [-0.15, -0.1) is 0 Å². The van der Waals surface area contributed by atoms with Gasteiger partial charge in [-0.25, -0.2) is 9.48 Å². The number of nitrogens with one attached hydrogen (secondary N) is 1. The highest BCUT2D eigenvalue weighted by atomic mass is 16.5. The monoisotopic (exact) mass is 421 g/mol. The van der Waals surface area contributed by atoms with E-state index in [1.54, 1.807) is 24.3 Å². The first kappa shape index (κ1) is 22.2. The number of unbranched alkanes of at least 4 members (excludes halogenated alkanes) is 2. The van der Waals surface area contributed by atoms with E-state index in [-0.39, 0.29) is 17.3 Å². The second-order valence-corrected chi connectivity index (χ2v) is 7.41. The molecule has 1 N–H and O–H groups in total. The maximum Gasteiger partial charge on any atom is 0.359 e. The number of aromatic nitrogens is 2. The maximum absolute atomic E-state index is 12.7. The lowest BCUT2D eigenvalue weighted by atomic mass is 10.1. The lowest BCUT2D eigenvalue weighted by molar-refractivity contribution is -0.124. The van der Waals surface area contributed by atoms with Crippen LogP contribution in [0.4, 0.5) is 0 Å². The molecule has 0 spiro atoms. The van der Waals surface area contributed by atoms with Gasteiger partial charge in [-0.2, -0.15) is 5.10 Å². The zero-order valence-electron chi connectivity index (χ0n) is 17.8. The third kappa shape index (κ3) is 5.57. The number of rotatable bonds is 9. The van der Waals surface area contributed by atoms with E-state index in [4.69, 9.17) is 4.74 Å². The number of nitrogens with zero attached hydrogens (tertiary/aromatic N) is 2. The van der Waals surface area contributed by atoms with Gasteiger partial charge in [0.1, 0.15) is 0 Å². The van der Waals surface area contributed by atoms with Crippen LogP contribution in [0.2, 0.25) is 0 Å². The fourth-order valence-electron chi connectivity index (χ4n) is 3.36. The summed E-state index contributed by atoms with van der Waals surface area (Å²) in [5, 5.41) is 7.88. The number of esters is 1. The molecule has 3 aromatic rings. The first-order valence-corrected chi connectivity index (χ1v) is 10.5. The van der Waals surface area contributed by atoms with Crippen LogP contribution in [-0.4, -0.2) is 28.3 Å². The summed E-state index contributed by atoms with van der Waals surface area (Å²) in [5.41, 5.74) is 0.752. The molecule has 7 heteroatoms. The largest absolute Gasteiger partial charge is 0.451 e. The van der Waals surface area contributed by atoms with Crippen LogP contribution in [0.15, 0.2) is 59.4 Å². The average Bonchev–Trinajstić information content (AvgIpc) is 2.79. The van der Waals surface area contributed by atoms with Gasteiger partial charge in [-0.1, -0.05) is 68.3 Å². The summed E-state index contributed by atoms with van der Waals surface area (Å²) < 4.78 is 6.54. The van der Waals surface area contributed by atoms with E-state index in [0.29, 0.717) is 17.3 Å². The molecule has 0 saturated carbocycles. The Bertz CT molecular complexity index is 1110. The number of benzene rings is 2. The van der Waals surface area contributed by atoms with Crippen molar-refractivity contribution in [1.29, 1.82) is 0 Å². The Morgan fingerprint density at radius 3 is 2.42 bits per heavy atom. The van der Waals surface area contributed by atoms with E-state index in [9.17, 15) is 14.4 Å². The lowest BCUT2D eigenvalue weighted by Crippen LogP contribution is -2.32. The number of amides is 1. The summed E-state index contributed by atoms with van der Waals surface area (Å²) in [6.07, 6.45) is 2.75. The van der Waals surface area contributed by atoms with Crippen molar-refractivity contribution in [2.24, 2.45) is 0 Å². The fourth-order valence-corrected chi connectivity index (χ4v) is 3.36. The summed E-state index contributed by atoms with van der Waals surface area (Å²) in [7, 11) is 0. The van der Waals surface area contributed by atoms with Crippen molar-refractivity contribution in [3.05, 3.63) is 76.2 Å². The van der Waals surface area contributed by atoms with Gasteiger partial charge in [-0.3, -0.25) is 9.59 Å². The highest BCUT2D eigenvalue weighted by Crippen LogP contribution is 2.15. The molecular formula is C24H27N3O4. The van der Waals surface area contributed by atoms with Crippen LogP contribution in [0.5, 0.6) is 0 Å². The Kier molecular flexibility index (Phi) is 7.54. The Morgan fingerprint density at radius 2 is 1.71 bits per heavy atom. The number of fused-ring (bicyclic) bond motifs is 1. The lowest BCUT2D eigenvalue weighted by Gasteiger charge is -2.14. The van der Waals surface area contributed by atoms with Crippen LogP contribution in [0.25, 0.3) is 10.8 Å². The van der Waals surface area contributed by atoms with Crippen LogP contribution in [-0.2, 0) is 16.1 Å². The summed E-state index contributed by atoms with van der Waals surface area (Å²) in [6.45, 7) is 3.92. The van der Waals surface area contributed by atoms with Gasteiger partial charge in [0.25, 0.3) is 11.5 Å². The first-order chi connectivity index (χ1) is 15.0. The summed E-state index contributed by atoms with van der Waals surface area (Å²) >= 11 is 0. The molecule has 1 aromatic heterocycles. The highest BCUT2D eigenvalue weighted by molar-refractivity contribution is 6.02. The van der Waals surface area contributed by atoms with Crippen LogP contribution in [0.3, 0.4) is 0 Å². The average molecular weight is 421 g/mol. The fraction of sp³-hybridized carbons (Fsp3) is 0.333. The van der Waals surface area contributed by atoms with E-state index < -0.39 is 18.5 Å². The molecular weight excluding hydrogens is 394 g/mol. The molecule has 31 heavy (non-hydrogen) atoms. The normalized spacial score (nSPS) is 11.8. The van der Waals surface area contributed by atoms with Crippen LogP contribution in [0, 0.1) is 0 Å². The molecule has 0 aliphatic rings. The topological polar surface area (TPSA) is 90.3 Å². The van der Waals surface area contributed by atoms with E-state index in [1.807, 2.05) is 37.3 Å². The third-order valence-corrected chi connectivity index (χ3v) is 5.05. The highest BCUT2D eigenvalue weighted by Gasteiger charge is 2.19. The molecule has 7 nitrogen and oxygen atoms in total. The molecule has 0 bridgehead atoms. The second kappa shape index (κ2) is 10.5. The maximum atomic E-state index is 12.7. The molecule has 0 aliphatic heterocycles. The van der Waals surface area contributed by atoms with Gasteiger partial charge >= 0.3 is 5.97 Å². The predicted octanol–water partition coefficient (Wildman–Crippen LogP) is 3.62. The van der Waals surface area contributed by atoms with Gasteiger partial charge in [0, 0.05) is 11.9 Å². The zero-order valence-corrected chi connectivity index (χ0v) is 17.8. The quantitative estimate of drug-likeness (QED) is 0.421. The number of carbonyl (C=O) groups is 2. The van der Waals surface area contributed by atoms with Crippen molar-refractivity contribution in [3.8, 4) is 0 Å². The Balaban J connectivity index is 1.73. The Morgan fingerprint density at radius 1 is 1.03 bits per heavy atom. The van der Waals surface area contributed by atoms with Crippen molar-refractivity contribution in [2.45, 2.75) is 45.7 Å². The van der Waals surface area contributed by atoms with Crippen molar-refractivity contribution < 1.29 is 14.3 Å². The molecule has 3 rings (SSSR count). The summed E-state index contributed by atoms with van der Waals surface area (Å²) in [4.78, 5) is 37.7. The molecule has 0 fully saturated rings. The first-order valence-electron chi connectivity index (χ1n) is 10.5. The molecule has 1 amide bonds. The number of hydrogen-bond donors (Lipinski definition) is 1. The second-order valence-electron chi connectivity index (χ2n) is 7.41. The standard InChI is InChI=1S/C24H27N3O4/c1-3-4-10-15-27-23(29)20-14-9-8-13-19(20)22(26-27)24(30)31-16-21(28)25-17(2)18-11-6-5-7-12-18/h5-9,11-14,17H,3-4,10,15-16H2,1-2H3,(H,25,28)/t17-/m1/s1. The minimum Gasteiger partial charge on any atom is -0.451 e. The Labute approximate surface area is 181 Å². The Hall–Kier alpha value is -3.48. The van der Waals surface area contributed by atoms with Crippen molar-refractivity contribution in [1.82, 2.24) is 15.1 Å². The molecule has 0 unspecified atom stereocenters. The summed E-state index contributed by atoms with van der Waals surface area (Å²) in [6, 6.07) is 16.1. The number of carbonyl (C=O) groups excluding carboxylic acids is 2. The number of hydrogen-bond acceptors (Lipinski definition) is 5. The van der Waals surface area contributed by atoms with Gasteiger partial charge in [0.05, 0.1) is 11.4 Å². The number of aryl methyl sites for hydroxylation is 1. The van der Waals surface area contributed by atoms with E-state index in [2.05, 4.69) is 17.3 Å². The van der Waals surface area contributed by atoms with Crippen molar-refractivity contribution in [2.75, 3.05) is 6.61 Å². The summed E-state index contributed by atoms with van der Waals surface area (Å²) in [5.74, 6) is -1.15. The SMILES string of the molecule is CCCCCn1nc(C(=O)OCC(=O)N[C@H](C)c2ccccc2)c2ccccc2c1=O. The smallest absolute Gasteiger partial charge is 0.359 e. The van der Waals surface area contributed by atoms with Crippen LogP contribution >= 0.6 is 0 Å². The van der Waals surface area contributed by atoms with Gasteiger partial charge in [0.2, 0.25) is 0 Å². The van der Waals surface area contributed by atoms with Crippen molar-refractivity contribution >= 4 is 22.6 Å². The molecule has 0 aliphatic carbocycles. The molecule has 0 radical (unpaired) electrons. The number of ether oxygens (including phenoxy) is 1. The van der Waals surface area contributed by atoms with E-state index in [0.717, 1.165) is 24.8 Å². The predicted molar refractivity (Wildman–Crippen MR) is 119 cm³/mol. The molecule has 0 saturated heterocycles. The van der Waals surface area contributed by atoms with Gasteiger partial charge in [0.15, 0.2) is 12.3 Å². The molecule has 1 heterocycles.